The zero-order chi connectivity index (χ0) is 8.48. The topological polar surface area (TPSA) is 40.5 Å². The highest BCUT2D eigenvalue weighted by atomic mass is 16.3. The Kier molecular flexibility index (Phi) is 2.55. The summed E-state index contributed by atoms with van der Waals surface area (Å²) in [4.78, 5) is 0. The Morgan fingerprint density at radius 2 is 2.00 bits per heavy atom. The van der Waals surface area contributed by atoms with Crippen LogP contribution in [0.3, 0.4) is 0 Å². The number of hydrogen-bond donors (Lipinski definition) is 2. The Bertz CT molecular complexity index is 136. The highest BCUT2D eigenvalue weighted by molar-refractivity contribution is 4.92. The average molecular weight is 158 g/mol. The third-order valence-corrected chi connectivity index (χ3v) is 3.57. The molecule has 0 saturated heterocycles. The molecule has 1 rings (SSSR count). The Labute approximate surface area is 68.2 Å². The van der Waals surface area contributed by atoms with Crippen LogP contribution in [0.15, 0.2) is 0 Å². The lowest BCUT2D eigenvalue weighted by molar-refractivity contribution is 0.0382. The third-order valence-electron chi connectivity index (χ3n) is 3.57. The van der Waals surface area contributed by atoms with Crippen molar-refractivity contribution in [2.45, 2.75) is 26.7 Å². The van der Waals surface area contributed by atoms with Gasteiger partial charge in [0.25, 0.3) is 0 Å². The summed E-state index contributed by atoms with van der Waals surface area (Å²) in [5, 5.41) is 18.2. The van der Waals surface area contributed by atoms with E-state index in [4.69, 9.17) is 5.11 Å². The molecule has 0 heterocycles. The molecule has 3 atom stereocenters. The normalized spacial score (nSPS) is 44.7. The van der Waals surface area contributed by atoms with Crippen LogP contribution in [0.1, 0.15) is 26.7 Å². The monoisotopic (exact) mass is 158 g/mol. The van der Waals surface area contributed by atoms with Gasteiger partial charge in [0.05, 0.1) is 0 Å². The minimum Gasteiger partial charge on any atom is -0.396 e. The maximum Gasteiger partial charge on any atom is 0.0490 e. The second-order valence-electron chi connectivity index (χ2n) is 4.02. The van der Waals surface area contributed by atoms with Gasteiger partial charge in [-0.3, -0.25) is 0 Å². The minimum absolute atomic E-state index is 0.0330. The van der Waals surface area contributed by atoms with Gasteiger partial charge in [0, 0.05) is 13.2 Å². The number of aliphatic hydroxyl groups is 2. The molecule has 0 bridgehead atoms. The molecule has 3 unspecified atom stereocenters. The van der Waals surface area contributed by atoms with Crippen molar-refractivity contribution >= 4 is 0 Å². The van der Waals surface area contributed by atoms with E-state index in [1.165, 1.54) is 0 Å². The van der Waals surface area contributed by atoms with Crippen LogP contribution >= 0.6 is 0 Å². The average Bonchev–Trinajstić information content (AvgIpc) is 2.30. The summed E-state index contributed by atoms with van der Waals surface area (Å²) in [6.45, 7) is 4.66. The molecule has 0 aliphatic heterocycles. The predicted octanol–water partition coefficient (Wildman–Crippen LogP) is 1.02. The van der Waals surface area contributed by atoms with Crippen molar-refractivity contribution in [2.24, 2.45) is 17.3 Å². The van der Waals surface area contributed by atoms with Gasteiger partial charge in [-0.25, -0.2) is 0 Å². The Morgan fingerprint density at radius 1 is 1.36 bits per heavy atom. The lowest BCUT2D eigenvalue weighted by Crippen LogP contribution is -2.33. The van der Waals surface area contributed by atoms with E-state index in [1.807, 2.05) is 0 Å². The SMILES string of the molecule is CC1CCC(CO)C1(C)CO. The van der Waals surface area contributed by atoms with Gasteiger partial charge in [-0.05, 0) is 30.1 Å². The maximum atomic E-state index is 9.19. The molecule has 2 nitrogen and oxygen atoms in total. The van der Waals surface area contributed by atoms with Crippen molar-refractivity contribution in [3.05, 3.63) is 0 Å². The summed E-state index contributed by atoms with van der Waals surface area (Å²) in [6.07, 6.45) is 2.21. The third kappa shape index (κ3) is 1.30. The van der Waals surface area contributed by atoms with Crippen molar-refractivity contribution in [3.63, 3.8) is 0 Å². The first-order valence-corrected chi connectivity index (χ1v) is 4.37. The molecule has 0 aromatic heterocycles. The van der Waals surface area contributed by atoms with Gasteiger partial charge in [0.1, 0.15) is 0 Å². The van der Waals surface area contributed by atoms with Gasteiger partial charge in [-0.2, -0.15) is 0 Å². The molecule has 0 spiro atoms. The quantitative estimate of drug-likeness (QED) is 0.630. The fourth-order valence-electron chi connectivity index (χ4n) is 2.10. The first-order valence-electron chi connectivity index (χ1n) is 4.37. The van der Waals surface area contributed by atoms with Gasteiger partial charge in [-0.1, -0.05) is 13.8 Å². The van der Waals surface area contributed by atoms with Crippen molar-refractivity contribution in [2.75, 3.05) is 13.2 Å². The summed E-state index contributed by atoms with van der Waals surface area (Å²) in [5.74, 6) is 0.854. The standard InChI is InChI=1S/C9H18O2/c1-7-3-4-8(5-10)9(7,2)6-11/h7-8,10-11H,3-6H2,1-2H3. The Morgan fingerprint density at radius 3 is 2.36 bits per heavy atom. The van der Waals surface area contributed by atoms with E-state index in [1.54, 1.807) is 0 Å². The molecule has 11 heavy (non-hydrogen) atoms. The molecule has 1 aliphatic carbocycles. The van der Waals surface area contributed by atoms with Crippen molar-refractivity contribution in [3.8, 4) is 0 Å². The van der Waals surface area contributed by atoms with E-state index in [2.05, 4.69) is 13.8 Å². The van der Waals surface area contributed by atoms with Crippen LogP contribution in [-0.4, -0.2) is 23.4 Å². The van der Waals surface area contributed by atoms with Gasteiger partial charge in [-0.15, -0.1) is 0 Å². The molecule has 1 fully saturated rings. The zero-order valence-corrected chi connectivity index (χ0v) is 7.38. The summed E-state index contributed by atoms with van der Waals surface area (Å²) in [7, 11) is 0. The molecular formula is C9H18O2. The lowest BCUT2D eigenvalue weighted by Gasteiger charge is -2.32. The summed E-state index contributed by atoms with van der Waals surface area (Å²) >= 11 is 0. The van der Waals surface area contributed by atoms with Crippen LogP contribution in [0.2, 0.25) is 0 Å². The second-order valence-corrected chi connectivity index (χ2v) is 4.02. The summed E-state index contributed by atoms with van der Waals surface area (Å²) < 4.78 is 0. The van der Waals surface area contributed by atoms with Gasteiger partial charge in [0.15, 0.2) is 0 Å². The van der Waals surface area contributed by atoms with Crippen molar-refractivity contribution in [1.29, 1.82) is 0 Å². The fourth-order valence-corrected chi connectivity index (χ4v) is 2.10. The van der Waals surface area contributed by atoms with Crippen molar-refractivity contribution in [1.82, 2.24) is 0 Å². The minimum atomic E-state index is -0.0330. The highest BCUT2D eigenvalue weighted by Crippen LogP contribution is 2.46. The smallest absolute Gasteiger partial charge is 0.0490 e. The molecule has 0 amide bonds. The largest absolute Gasteiger partial charge is 0.396 e. The van der Waals surface area contributed by atoms with E-state index in [0.717, 1.165) is 12.8 Å². The first kappa shape index (κ1) is 9.01. The number of hydrogen-bond acceptors (Lipinski definition) is 2. The van der Waals surface area contributed by atoms with E-state index in [-0.39, 0.29) is 18.6 Å². The highest BCUT2D eigenvalue weighted by Gasteiger charge is 2.43. The van der Waals surface area contributed by atoms with E-state index < -0.39 is 0 Å². The van der Waals surface area contributed by atoms with Gasteiger partial charge in [0.2, 0.25) is 0 Å². The van der Waals surface area contributed by atoms with Crippen LogP contribution in [0.5, 0.6) is 0 Å². The van der Waals surface area contributed by atoms with E-state index in [0.29, 0.717) is 11.8 Å². The molecule has 0 aromatic carbocycles. The zero-order valence-electron chi connectivity index (χ0n) is 7.38. The van der Waals surface area contributed by atoms with Crippen molar-refractivity contribution < 1.29 is 10.2 Å². The molecule has 2 N–H and O–H groups in total. The summed E-state index contributed by atoms with van der Waals surface area (Å²) in [6, 6.07) is 0. The molecule has 0 aromatic rings. The molecular weight excluding hydrogens is 140 g/mol. The second kappa shape index (κ2) is 3.11. The summed E-state index contributed by atoms with van der Waals surface area (Å²) in [5.41, 5.74) is -0.0330. The van der Waals surface area contributed by atoms with Crippen LogP contribution in [0, 0.1) is 17.3 Å². The number of aliphatic hydroxyl groups excluding tert-OH is 2. The van der Waals surface area contributed by atoms with Crippen LogP contribution in [-0.2, 0) is 0 Å². The van der Waals surface area contributed by atoms with Gasteiger partial charge < -0.3 is 10.2 Å². The molecule has 2 heteroatoms. The Hall–Kier alpha value is -0.0800. The molecule has 0 radical (unpaired) electrons. The van der Waals surface area contributed by atoms with E-state index in [9.17, 15) is 5.11 Å². The molecule has 66 valence electrons. The number of rotatable bonds is 2. The first-order chi connectivity index (χ1) is 5.15. The molecule has 1 saturated carbocycles. The van der Waals surface area contributed by atoms with E-state index >= 15 is 0 Å². The lowest BCUT2D eigenvalue weighted by atomic mass is 9.75. The van der Waals surface area contributed by atoms with Crippen LogP contribution in [0.25, 0.3) is 0 Å². The predicted molar refractivity (Wildman–Crippen MR) is 44.2 cm³/mol. The van der Waals surface area contributed by atoms with Crippen LogP contribution in [0.4, 0.5) is 0 Å². The van der Waals surface area contributed by atoms with Gasteiger partial charge >= 0.3 is 0 Å². The van der Waals surface area contributed by atoms with Crippen LogP contribution < -0.4 is 0 Å². The Balaban J connectivity index is 2.70. The molecule has 1 aliphatic rings. The maximum absolute atomic E-state index is 9.19. The fraction of sp³-hybridized carbons (Fsp3) is 1.00.